The van der Waals surface area contributed by atoms with Crippen LogP contribution in [0.15, 0.2) is 0 Å². The number of hydrogen-bond acceptors (Lipinski definition) is 5. The lowest BCUT2D eigenvalue weighted by atomic mass is 10.0. The van der Waals surface area contributed by atoms with Gasteiger partial charge in [0.2, 0.25) is 5.91 Å². The number of carbonyl (C=O) groups excluding carboxylic acids is 4. The van der Waals surface area contributed by atoms with Gasteiger partial charge in [-0.05, 0) is 12.3 Å². The quantitative estimate of drug-likeness (QED) is 0.514. The van der Waals surface area contributed by atoms with Gasteiger partial charge in [-0.3, -0.25) is 14.4 Å². The van der Waals surface area contributed by atoms with E-state index in [1.54, 1.807) is 13.8 Å². The number of rotatable bonds is 9. The molecule has 0 radical (unpaired) electrons. The molecule has 1 rings (SSSR count). The number of imide groups is 1. The van der Waals surface area contributed by atoms with Gasteiger partial charge < -0.3 is 10.2 Å². The van der Waals surface area contributed by atoms with Crippen LogP contribution in [0.1, 0.15) is 65.7 Å². The van der Waals surface area contributed by atoms with Crippen molar-refractivity contribution in [3.8, 4) is 0 Å². The van der Waals surface area contributed by atoms with Crippen LogP contribution < -0.4 is 5.32 Å². The molecule has 1 aliphatic rings. The van der Waals surface area contributed by atoms with Crippen LogP contribution >= 0.6 is 0 Å². The van der Waals surface area contributed by atoms with E-state index < -0.39 is 23.8 Å². The summed E-state index contributed by atoms with van der Waals surface area (Å²) in [6.45, 7) is 5.61. The Kier molecular flexibility index (Phi) is 7.71. The summed E-state index contributed by atoms with van der Waals surface area (Å²) in [5.41, 5.74) is 0. The Bertz CT molecular complexity index is 445. The number of amides is 3. The monoisotopic (exact) mass is 326 g/mol. The molecule has 3 amide bonds. The van der Waals surface area contributed by atoms with E-state index in [1.807, 2.05) is 0 Å². The Morgan fingerprint density at radius 1 is 1.13 bits per heavy atom. The molecule has 1 fully saturated rings. The number of hydrogen-bond donors (Lipinski definition) is 1. The van der Waals surface area contributed by atoms with Crippen LogP contribution in [0.3, 0.4) is 0 Å². The zero-order valence-electron chi connectivity index (χ0n) is 14.1. The molecule has 0 aromatic carbocycles. The SMILES string of the molecule is CCCCCCC(=O)N[C@H](C(=O)ON1C(=O)CCC1=O)C(C)C. The summed E-state index contributed by atoms with van der Waals surface area (Å²) in [5, 5.41) is 3.14. The van der Waals surface area contributed by atoms with Gasteiger partial charge in [0, 0.05) is 19.3 Å². The molecule has 0 saturated carbocycles. The predicted molar refractivity (Wildman–Crippen MR) is 82.7 cm³/mol. The molecular formula is C16H26N2O5. The Morgan fingerprint density at radius 2 is 1.74 bits per heavy atom. The van der Waals surface area contributed by atoms with Gasteiger partial charge in [-0.15, -0.1) is 5.06 Å². The molecule has 0 bridgehead atoms. The second-order valence-corrected chi connectivity index (χ2v) is 6.09. The maximum atomic E-state index is 12.2. The van der Waals surface area contributed by atoms with Crippen molar-refractivity contribution in [2.24, 2.45) is 5.92 Å². The molecule has 7 nitrogen and oxygen atoms in total. The number of unbranched alkanes of at least 4 members (excludes halogenated alkanes) is 3. The van der Waals surface area contributed by atoms with Crippen LogP contribution in [0, 0.1) is 5.92 Å². The van der Waals surface area contributed by atoms with Crippen molar-refractivity contribution in [3.63, 3.8) is 0 Å². The lowest BCUT2D eigenvalue weighted by Crippen LogP contribution is -2.48. The summed E-state index contributed by atoms with van der Waals surface area (Å²) < 4.78 is 0. The first-order valence-corrected chi connectivity index (χ1v) is 8.23. The van der Waals surface area contributed by atoms with E-state index >= 15 is 0 Å². The highest BCUT2D eigenvalue weighted by atomic mass is 16.7. The summed E-state index contributed by atoms with van der Waals surface area (Å²) >= 11 is 0. The van der Waals surface area contributed by atoms with Crippen molar-refractivity contribution in [2.75, 3.05) is 0 Å². The summed E-state index contributed by atoms with van der Waals surface area (Å²) in [5.74, 6) is -2.29. The second kappa shape index (κ2) is 9.27. The fourth-order valence-electron chi connectivity index (χ4n) is 2.26. The van der Waals surface area contributed by atoms with Crippen LogP contribution in [0.2, 0.25) is 0 Å². The average molecular weight is 326 g/mol. The molecule has 1 saturated heterocycles. The predicted octanol–water partition coefficient (Wildman–Crippen LogP) is 1.70. The van der Waals surface area contributed by atoms with E-state index in [0.29, 0.717) is 11.5 Å². The third-order valence-electron chi connectivity index (χ3n) is 3.68. The molecule has 0 aromatic rings. The first kappa shape index (κ1) is 19.1. The molecule has 1 heterocycles. The van der Waals surface area contributed by atoms with E-state index in [2.05, 4.69) is 12.2 Å². The molecule has 0 aromatic heterocycles. The highest BCUT2D eigenvalue weighted by Gasteiger charge is 2.36. The van der Waals surface area contributed by atoms with E-state index in [-0.39, 0.29) is 24.7 Å². The Balaban J connectivity index is 2.53. The third-order valence-corrected chi connectivity index (χ3v) is 3.68. The van der Waals surface area contributed by atoms with Gasteiger partial charge in [-0.1, -0.05) is 40.0 Å². The van der Waals surface area contributed by atoms with Crippen LogP contribution in [0.5, 0.6) is 0 Å². The maximum Gasteiger partial charge on any atom is 0.355 e. The number of hydroxylamine groups is 2. The van der Waals surface area contributed by atoms with Crippen LogP contribution in [-0.2, 0) is 24.0 Å². The Labute approximate surface area is 136 Å². The molecule has 1 atom stereocenters. The van der Waals surface area contributed by atoms with Gasteiger partial charge in [0.15, 0.2) is 0 Å². The minimum Gasteiger partial charge on any atom is -0.342 e. The summed E-state index contributed by atoms with van der Waals surface area (Å²) in [6, 6.07) is -0.880. The first-order chi connectivity index (χ1) is 10.9. The minimum absolute atomic E-state index is 0.0439. The Hall–Kier alpha value is -1.92. The largest absolute Gasteiger partial charge is 0.355 e. The van der Waals surface area contributed by atoms with Crippen LogP contribution in [0.4, 0.5) is 0 Å². The summed E-state index contributed by atoms with van der Waals surface area (Å²) in [7, 11) is 0. The van der Waals surface area contributed by atoms with E-state index in [9.17, 15) is 19.2 Å². The van der Waals surface area contributed by atoms with Gasteiger partial charge in [-0.2, -0.15) is 0 Å². The Morgan fingerprint density at radius 3 is 2.26 bits per heavy atom. The van der Waals surface area contributed by atoms with Crippen molar-refractivity contribution in [2.45, 2.75) is 71.8 Å². The first-order valence-electron chi connectivity index (χ1n) is 8.23. The molecule has 7 heteroatoms. The lowest BCUT2D eigenvalue weighted by Gasteiger charge is -2.22. The van der Waals surface area contributed by atoms with Crippen LogP contribution in [-0.4, -0.2) is 34.8 Å². The lowest BCUT2D eigenvalue weighted by molar-refractivity contribution is -0.199. The average Bonchev–Trinajstić information content (AvgIpc) is 2.80. The van der Waals surface area contributed by atoms with Crippen molar-refractivity contribution in [3.05, 3.63) is 0 Å². The van der Waals surface area contributed by atoms with Gasteiger partial charge in [-0.25, -0.2) is 4.79 Å². The second-order valence-electron chi connectivity index (χ2n) is 6.09. The fourth-order valence-corrected chi connectivity index (χ4v) is 2.26. The minimum atomic E-state index is -0.880. The molecule has 0 aliphatic carbocycles. The molecule has 1 N–H and O–H groups in total. The zero-order chi connectivity index (χ0) is 17.4. The van der Waals surface area contributed by atoms with Gasteiger partial charge in [0.1, 0.15) is 6.04 Å². The summed E-state index contributed by atoms with van der Waals surface area (Å²) in [6.07, 6.45) is 4.32. The number of nitrogens with zero attached hydrogens (tertiary/aromatic N) is 1. The molecule has 1 aliphatic heterocycles. The van der Waals surface area contributed by atoms with E-state index in [0.717, 1.165) is 25.7 Å². The third kappa shape index (κ3) is 6.00. The summed E-state index contributed by atoms with van der Waals surface area (Å²) in [4.78, 5) is 51.9. The maximum absolute atomic E-state index is 12.2. The van der Waals surface area contributed by atoms with Crippen molar-refractivity contribution >= 4 is 23.7 Å². The highest BCUT2D eigenvalue weighted by molar-refractivity contribution is 6.01. The molecular weight excluding hydrogens is 300 g/mol. The molecule has 130 valence electrons. The normalized spacial score (nSPS) is 15.9. The standard InChI is InChI=1S/C16H26N2O5/c1-4-5-6-7-8-12(19)17-15(11(2)3)16(22)23-18-13(20)9-10-14(18)21/h11,15H,4-10H2,1-3H3,(H,17,19)/t15-/m0/s1. The van der Waals surface area contributed by atoms with Gasteiger partial charge >= 0.3 is 5.97 Å². The fraction of sp³-hybridized carbons (Fsp3) is 0.750. The number of nitrogens with one attached hydrogen (secondary N) is 1. The van der Waals surface area contributed by atoms with Gasteiger partial charge in [0.05, 0.1) is 0 Å². The van der Waals surface area contributed by atoms with Crippen molar-refractivity contribution in [1.29, 1.82) is 0 Å². The molecule has 23 heavy (non-hydrogen) atoms. The van der Waals surface area contributed by atoms with Gasteiger partial charge in [0.25, 0.3) is 11.8 Å². The molecule has 0 spiro atoms. The smallest absolute Gasteiger partial charge is 0.342 e. The number of carbonyl (C=O) groups is 4. The van der Waals surface area contributed by atoms with Crippen molar-refractivity contribution in [1.82, 2.24) is 10.4 Å². The highest BCUT2D eigenvalue weighted by Crippen LogP contribution is 2.14. The zero-order valence-corrected chi connectivity index (χ0v) is 14.1. The molecule has 0 unspecified atom stereocenters. The van der Waals surface area contributed by atoms with E-state index in [1.165, 1.54) is 0 Å². The topological polar surface area (TPSA) is 92.8 Å². The van der Waals surface area contributed by atoms with Crippen molar-refractivity contribution < 1.29 is 24.0 Å². The van der Waals surface area contributed by atoms with Crippen LogP contribution in [0.25, 0.3) is 0 Å². The van der Waals surface area contributed by atoms with E-state index in [4.69, 9.17) is 4.84 Å².